The fourth-order valence-electron chi connectivity index (χ4n) is 3.02. The quantitative estimate of drug-likeness (QED) is 0.576. The minimum Gasteiger partial charge on any atom is -0.322 e. The van der Waals surface area contributed by atoms with Crippen LogP contribution >= 0.6 is 11.8 Å². The van der Waals surface area contributed by atoms with Gasteiger partial charge in [0.2, 0.25) is 0 Å². The van der Waals surface area contributed by atoms with Crippen LogP contribution in [0.5, 0.6) is 0 Å². The Kier molecular flexibility index (Phi) is 5.05. The average Bonchev–Trinajstić information content (AvgIpc) is 3.10. The van der Waals surface area contributed by atoms with Crippen molar-refractivity contribution in [3.05, 3.63) is 75.3 Å². The number of non-ortho nitro benzene ring substituents is 1. The molecule has 0 aliphatic carbocycles. The van der Waals surface area contributed by atoms with E-state index in [0.717, 1.165) is 11.3 Å². The fraction of sp³-hybridized carbons (Fsp3) is 0.350. The van der Waals surface area contributed by atoms with Gasteiger partial charge in [-0.3, -0.25) is 14.9 Å². The number of nitro benzene ring substituents is 1. The first kappa shape index (κ1) is 18.5. The molecule has 1 amide bonds. The summed E-state index contributed by atoms with van der Waals surface area (Å²) in [5, 5.41) is 10.9. The third kappa shape index (κ3) is 3.75. The molecule has 0 aromatic heterocycles. The fourth-order valence-corrected chi connectivity index (χ4v) is 4.28. The van der Waals surface area contributed by atoms with Gasteiger partial charge in [0.25, 0.3) is 11.6 Å². The normalized spacial score (nSPS) is 17.3. The van der Waals surface area contributed by atoms with Crippen molar-refractivity contribution in [2.75, 3.05) is 12.3 Å². The van der Waals surface area contributed by atoms with Crippen LogP contribution in [0.4, 0.5) is 5.69 Å². The van der Waals surface area contributed by atoms with Gasteiger partial charge < -0.3 is 4.90 Å². The molecule has 3 rings (SSSR count). The standard InChI is InChI=1S/C20H22N2O3S/c1-20(2,3)16-9-7-14(8-10-16)19-21(11-12-26-19)18(23)15-5-4-6-17(13-15)22(24)25/h4-10,13,19H,11-12H2,1-3H3/t19-/m0/s1. The number of carbonyl (C=O) groups is 1. The molecule has 0 unspecified atom stereocenters. The van der Waals surface area contributed by atoms with Crippen LogP contribution < -0.4 is 0 Å². The van der Waals surface area contributed by atoms with Crippen LogP contribution in [0.1, 0.15) is 47.6 Å². The molecule has 0 spiro atoms. The third-order valence-electron chi connectivity index (χ3n) is 4.52. The van der Waals surface area contributed by atoms with E-state index in [0.29, 0.717) is 12.1 Å². The number of hydrogen-bond acceptors (Lipinski definition) is 4. The van der Waals surface area contributed by atoms with E-state index in [-0.39, 0.29) is 22.4 Å². The summed E-state index contributed by atoms with van der Waals surface area (Å²) in [7, 11) is 0. The number of rotatable bonds is 3. The van der Waals surface area contributed by atoms with Crippen molar-refractivity contribution in [3.8, 4) is 0 Å². The van der Waals surface area contributed by atoms with Gasteiger partial charge in [-0.1, -0.05) is 51.1 Å². The number of benzene rings is 2. The Bertz CT molecular complexity index is 828. The van der Waals surface area contributed by atoms with Gasteiger partial charge in [-0.05, 0) is 22.6 Å². The summed E-state index contributed by atoms with van der Waals surface area (Å²) in [5.74, 6) is 0.690. The van der Waals surface area contributed by atoms with Crippen LogP contribution in [-0.4, -0.2) is 28.0 Å². The van der Waals surface area contributed by atoms with E-state index in [4.69, 9.17) is 0 Å². The summed E-state index contributed by atoms with van der Waals surface area (Å²) in [5.41, 5.74) is 2.71. The first-order valence-electron chi connectivity index (χ1n) is 8.55. The summed E-state index contributed by atoms with van der Waals surface area (Å²) in [6.07, 6.45) is 0. The van der Waals surface area contributed by atoms with Gasteiger partial charge in [0, 0.05) is 30.0 Å². The molecule has 1 atom stereocenters. The maximum absolute atomic E-state index is 12.9. The highest BCUT2D eigenvalue weighted by atomic mass is 32.2. The van der Waals surface area contributed by atoms with Crippen LogP contribution in [0.2, 0.25) is 0 Å². The number of thioether (sulfide) groups is 1. The molecule has 6 heteroatoms. The second-order valence-corrected chi connectivity index (χ2v) is 8.59. The van der Waals surface area contributed by atoms with Crippen molar-refractivity contribution in [3.63, 3.8) is 0 Å². The summed E-state index contributed by atoms with van der Waals surface area (Å²) in [6.45, 7) is 7.15. The van der Waals surface area contributed by atoms with Crippen molar-refractivity contribution in [1.82, 2.24) is 4.90 Å². The van der Waals surface area contributed by atoms with E-state index in [1.807, 2.05) is 0 Å². The van der Waals surface area contributed by atoms with Crippen molar-refractivity contribution in [2.24, 2.45) is 0 Å². The van der Waals surface area contributed by atoms with Gasteiger partial charge in [-0.15, -0.1) is 11.8 Å². The van der Waals surface area contributed by atoms with Crippen LogP contribution in [0.3, 0.4) is 0 Å². The third-order valence-corrected chi connectivity index (χ3v) is 5.78. The zero-order valence-corrected chi connectivity index (χ0v) is 16.0. The molecule has 0 saturated carbocycles. The second kappa shape index (κ2) is 7.11. The number of carbonyl (C=O) groups excluding carboxylic acids is 1. The molecule has 136 valence electrons. The Balaban J connectivity index is 1.85. The van der Waals surface area contributed by atoms with Crippen LogP contribution in [0.15, 0.2) is 48.5 Å². The molecular formula is C20H22N2O3S. The molecule has 26 heavy (non-hydrogen) atoms. The molecular weight excluding hydrogens is 348 g/mol. The SMILES string of the molecule is CC(C)(C)c1ccc([C@@H]2SCCN2C(=O)c2cccc([N+](=O)[O-])c2)cc1. The zero-order chi connectivity index (χ0) is 18.9. The number of nitrogens with zero attached hydrogens (tertiary/aromatic N) is 2. The Hall–Kier alpha value is -2.34. The highest BCUT2D eigenvalue weighted by molar-refractivity contribution is 7.99. The molecule has 1 aliphatic heterocycles. The molecule has 0 N–H and O–H groups in total. The van der Waals surface area contributed by atoms with Gasteiger partial charge in [0.1, 0.15) is 5.37 Å². The Labute approximate surface area is 157 Å². The molecule has 1 heterocycles. The van der Waals surface area contributed by atoms with Gasteiger partial charge in [0.05, 0.1) is 4.92 Å². The maximum atomic E-state index is 12.9. The molecule has 1 aliphatic rings. The van der Waals surface area contributed by atoms with Crippen molar-refractivity contribution < 1.29 is 9.72 Å². The van der Waals surface area contributed by atoms with Gasteiger partial charge >= 0.3 is 0 Å². The van der Waals surface area contributed by atoms with E-state index in [9.17, 15) is 14.9 Å². The van der Waals surface area contributed by atoms with E-state index in [2.05, 4.69) is 45.0 Å². The van der Waals surface area contributed by atoms with Gasteiger partial charge in [-0.25, -0.2) is 0 Å². The van der Waals surface area contributed by atoms with E-state index in [1.54, 1.807) is 28.8 Å². The molecule has 1 fully saturated rings. The first-order valence-corrected chi connectivity index (χ1v) is 9.60. The second-order valence-electron chi connectivity index (χ2n) is 7.40. The number of nitro groups is 1. The van der Waals surface area contributed by atoms with Gasteiger partial charge in [0.15, 0.2) is 0 Å². The predicted octanol–water partition coefficient (Wildman–Crippen LogP) is 4.78. The minimum absolute atomic E-state index is 0.0595. The summed E-state index contributed by atoms with van der Waals surface area (Å²) < 4.78 is 0. The van der Waals surface area contributed by atoms with Crippen molar-refractivity contribution in [1.29, 1.82) is 0 Å². The minimum atomic E-state index is -0.474. The van der Waals surface area contributed by atoms with E-state index in [1.165, 1.54) is 17.7 Å². The predicted molar refractivity (Wildman–Crippen MR) is 104 cm³/mol. The van der Waals surface area contributed by atoms with Crippen LogP contribution in [0, 0.1) is 10.1 Å². The molecule has 0 radical (unpaired) electrons. The number of hydrogen-bond donors (Lipinski definition) is 0. The van der Waals surface area contributed by atoms with Crippen molar-refractivity contribution >= 4 is 23.4 Å². The first-order chi connectivity index (χ1) is 12.3. The van der Waals surface area contributed by atoms with E-state index < -0.39 is 4.92 Å². The largest absolute Gasteiger partial charge is 0.322 e. The molecule has 1 saturated heterocycles. The smallest absolute Gasteiger partial charge is 0.270 e. The topological polar surface area (TPSA) is 63.5 Å². The summed E-state index contributed by atoms with van der Waals surface area (Å²) in [4.78, 5) is 25.2. The Morgan fingerprint density at radius 1 is 1.19 bits per heavy atom. The highest BCUT2D eigenvalue weighted by Crippen LogP contribution is 2.39. The lowest BCUT2D eigenvalue weighted by atomic mass is 9.86. The molecule has 2 aromatic rings. The zero-order valence-electron chi connectivity index (χ0n) is 15.1. The number of amides is 1. The monoisotopic (exact) mass is 370 g/mol. The maximum Gasteiger partial charge on any atom is 0.270 e. The van der Waals surface area contributed by atoms with Crippen LogP contribution in [-0.2, 0) is 5.41 Å². The lowest BCUT2D eigenvalue weighted by Crippen LogP contribution is -2.30. The lowest BCUT2D eigenvalue weighted by molar-refractivity contribution is -0.384. The van der Waals surface area contributed by atoms with Crippen LogP contribution in [0.25, 0.3) is 0 Å². The average molecular weight is 370 g/mol. The molecule has 0 bridgehead atoms. The summed E-state index contributed by atoms with van der Waals surface area (Å²) in [6, 6.07) is 14.3. The highest BCUT2D eigenvalue weighted by Gasteiger charge is 2.32. The van der Waals surface area contributed by atoms with Crippen molar-refractivity contribution in [2.45, 2.75) is 31.6 Å². The van der Waals surface area contributed by atoms with Gasteiger partial charge in [-0.2, -0.15) is 0 Å². The molecule has 2 aromatic carbocycles. The Morgan fingerprint density at radius 2 is 1.88 bits per heavy atom. The summed E-state index contributed by atoms with van der Waals surface area (Å²) >= 11 is 1.72. The Morgan fingerprint density at radius 3 is 2.50 bits per heavy atom. The van der Waals surface area contributed by atoms with E-state index >= 15 is 0 Å². The lowest BCUT2D eigenvalue weighted by Gasteiger charge is -2.25. The molecule has 5 nitrogen and oxygen atoms in total.